The molecular formula is C15H19NO5. The Hall–Kier alpha value is -2.21. The van der Waals surface area contributed by atoms with Crippen molar-refractivity contribution in [2.75, 3.05) is 6.54 Å². The summed E-state index contributed by atoms with van der Waals surface area (Å²) in [7, 11) is 0. The number of Topliss-reactive ketones (excluding diaryl/α,β-unsaturated/α-hetero) is 1. The maximum Gasteiger partial charge on any atom is 0.337 e. The van der Waals surface area contributed by atoms with Crippen LogP contribution in [0.15, 0.2) is 24.3 Å². The van der Waals surface area contributed by atoms with Gasteiger partial charge in [0.1, 0.15) is 0 Å². The fourth-order valence-corrected chi connectivity index (χ4v) is 1.55. The molecule has 0 heterocycles. The second kappa shape index (κ2) is 6.99. The van der Waals surface area contributed by atoms with E-state index in [1.165, 1.54) is 0 Å². The van der Waals surface area contributed by atoms with Gasteiger partial charge in [-0.05, 0) is 13.8 Å². The van der Waals surface area contributed by atoms with Crippen molar-refractivity contribution in [3.63, 3.8) is 0 Å². The number of carbonyl (C=O) groups excluding carboxylic acids is 2. The van der Waals surface area contributed by atoms with Gasteiger partial charge in [-0.2, -0.15) is 0 Å². The molecule has 0 saturated heterocycles. The van der Waals surface area contributed by atoms with Crippen molar-refractivity contribution in [1.82, 2.24) is 5.32 Å². The molecule has 0 saturated carbocycles. The van der Waals surface area contributed by atoms with Gasteiger partial charge in [0.25, 0.3) is 0 Å². The number of carboxylic acid groups (broad SMARTS) is 1. The van der Waals surface area contributed by atoms with Crippen molar-refractivity contribution in [2.24, 2.45) is 0 Å². The molecule has 0 fully saturated rings. The van der Waals surface area contributed by atoms with Gasteiger partial charge >= 0.3 is 5.97 Å². The predicted octanol–water partition coefficient (Wildman–Crippen LogP) is 0.910. The van der Waals surface area contributed by atoms with Crippen LogP contribution in [0, 0.1) is 6.92 Å². The Morgan fingerprint density at radius 1 is 1.14 bits per heavy atom. The molecular weight excluding hydrogens is 274 g/mol. The zero-order chi connectivity index (χ0) is 16.0. The lowest BCUT2D eigenvalue weighted by atomic mass is 10.0. The first-order chi connectivity index (χ1) is 9.72. The molecule has 0 bridgehead atoms. The maximum absolute atomic E-state index is 11.8. The molecule has 0 aliphatic heterocycles. The largest absolute Gasteiger partial charge is 0.479 e. The molecule has 1 atom stereocenters. The number of aliphatic carboxylic acids is 1. The first-order valence-electron chi connectivity index (χ1n) is 6.55. The summed E-state index contributed by atoms with van der Waals surface area (Å²) in [5.74, 6) is -2.05. The van der Waals surface area contributed by atoms with E-state index in [2.05, 4.69) is 5.32 Å². The average Bonchev–Trinajstić information content (AvgIpc) is 2.43. The summed E-state index contributed by atoms with van der Waals surface area (Å²) in [6, 6.07) is 7.03. The third kappa shape index (κ3) is 5.35. The van der Waals surface area contributed by atoms with E-state index in [4.69, 9.17) is 5.11 Å². The number of carbonyl (C=O) groups is 3. The second-order valence-corrected chi connectivity index (χ2v) is 5.14. The molecule has 6 heteroatoms. The van der Waals surface area contributed by atoms with Crippen molar-refractivity contribution >= 4 is 17.7 Å². The Bertz CT molecular complexity index is 533. The molecule has 0 spiro atoms. The van der Waals surface area contributed by atoms with Gasteiger partial charge in [-0.1, -0.05) is 29.8 Å². The number of carboxylic acids is 1. The monoisotopic (exact) mass is 293 g/mol. The number of benzene rings is 1. The van der Waals surface area contributed by atoms with Crippen molar-refractivity contribution in [2.45, 2.75) is 32.3 Å². The van der Waals surface area contributed by atoms with Gasteiger partial charge in [-0.25, -0.2) is 4.79 Å². The minimum absolute atomic E-state index is 0.0319. The smallest absolute Gasteiger partial charge is 0.337 e. The molecule has 1 rings (SSSR count). The van der Waals surface area contributed by atoms with Gasteiger partial charge < -0.3 is 15.5 Å². The van der Waals surface area contributed by atoms with Crippen molar-refractivity contribution in [3.8, 4) is 0 Å². The Balaban J connectivity index is 2.41. The highest BCUT2D eigenvalue weighted by Crippen LogP contribution is 2.08. The van der Waals surface area contributed by atoms with E-state index in [1.807, 2.05) is 19.1 Å². The van der Waals surface area contributed by atoms with E-state index >= 15 is 0 Å². The third-order valence-corrected chi connectivity index (χ3v) is 3.04. The van der Waals surface area contributed by atoms with Crippen LogP contribution in [0.4, 0.5) is 0 Å². The molecule has 0 aliphatic rings. The molecule has 0 aliphatic carbocycles. The Labute approximate surface area is 122 Å². The summed E-state index contributed by atoms with van der Waals surface area (Å²) >= 11 is 0. The SMILES string of the molecule is Cc1ccc(C(=O)CCC(=O)NCC(C)(O)C(=O)O)cc1. The lowest BCUT2D eigenvalue weighted by Gasteiger charge is -2.18. The number of aliphatic hydroxyl groups is 1. The topological polar surface area (TPSA) is 104 Å². The van der Waals surface area contributed by atoms with Crippen molar-refractivity contribution in [3.05, 3.63) is 35.4 Å². The van der Waals surface area contributed by atoms with E-state index in [1.54, 1.807) is 12.1 Å². The van der Waals surface area contributed by atoms with E-state index < -0.39 is 24.0 Å². The molecule has 1 aromatic rings. The first-order valence-corrected chi connectivity index (χ1v) is 6.55. The maximum atomic E-state index is 11.8. The number of ketones is 1. The number of hydrogen-bond acceptors (Lipinski definition) is 4. The van der Waals surface area contributed by atoms with Crippen LogP contribution in [0.3, 0.4) is 0 Å². The summed E-state index contributed by atoms with van der Waals surface area (Å²) in [6.45, 7) is 2.60. The van der Waals surface area contributed by atoms with Crippen LogP contribution in [0.1, 0.15) is 35.7 Å². The van der Waals surface area contributed by atoms with Gasteiger partial charge in [0, 0.05) is 18.4 Å². The van der Waals surface area contributed by atoms with Crippen LogP contribution in [0.5, 0.6) is 0 Å². The van der Waals surface area contributed by atoms with Crippen LogP contribution in [0.25, 0.3) is 0 Å². The van der Waals surface area contributed by atoms with E-state index in [9.17, 15) is 19.5 Å². The van der Waals surface area contributed by atoms with Crippen LogP contribution in [-0.4, -0.2) is 40.0 Å². The van der Waals surface area contributed by atoms with E-state index in [0.717, 1.165) is 12.5 Å². The number of rotatable bonds is 7. The minimum Gasteiger partial charge on any atom is -0.479 e. The van der Waals surface area contributed by atoms with Gasteiger partial charge in [0.2, 0.25) is 5.91 Å². The summed E-state index contributed by atoms with van der Waals surface area (Å²) < 4.78 is 0. The van der Waals surface area contributed by atoms with E-state index in [0.29, 0.717) is 5.56 Å². The normalized spacial score (nSPS) is 13.3. The second-order valence-electron chi connectivity index (χ2n) is 5.14. The van der Waals surface area contributed by atoms with Gasteiger partial charge in [-0.3, -0.25) is 9.59 Å². The number of hydrogen-bond donors (Lipinski definition) is 3. The lowest BCUT2D eigenvalue weighted by molar-refractivity contribution is -0.156. The lowest BCUT2D eigenvalue weighted by Crippen LogP contribution is -2.46. The standard InChI is InChI=1S/C15H19NO5/c1-10-3-5-11(6-4-10)12(17)7-8-13(18)16-9-15(2,21)14(19)20/h3-6,21H,7-9H2,1-2H3,(H,16,18)(H,19,20). The van der Waals surface area contributed by atoms with Crippen LogP contribution in [0.2, 0.25) is 0 Å². The zero-order valence-corrected chi connectivity index (χ0v) is 12.0. The summed E-state index contributed by atoms with van der Waals surface area (Å²) in [5, 5.41) is 20.4. The molecule has 1 aromatic carbocycles. The number of nitrogens with one attached hydrogen (secondary N) is 1. The summed E-state index contributed by atoms with van der Waals surface area (Å²) in [4.78, 5) is 34.0. The van der Waals surface area contributed by atoms with Gasteiger partial charge in [-0.15, -0.1) is 0 Å². The predicted molar refractivity (Wildman–Crippen MR) is 76.0 cm³/mol. The molecule has 0 radical (unpaired) electrons. The summed E-state index contributed by atoms with van der Waals surface area (Å²) in [6.07, 6.45) is -0.0213. The quantitative estimate of drug-likeness (QED) is 0.648. The third-order valence-electron chi connectivity index (χ3n) is 3.04. The zero-order valence-electron chi connectivity index (χ0n) is 12.0. The number of amides is 1. The molecule has 21 heavy (non-hydrogen) atoms. The Kier molecular flexibility index (Phi) is 5.60. The highest BCUT2D eigenvalue weighted by molar-refractivity contribution is 5.98. The van der Waals surface area contributed by atoms with Gasteiger partial charge in [0.15, 0.2) is 11.4 Å². The Morgan fingerprint density at radius 3 is 2.24 bits per heavy atom. The molecule has 6 nitrogen and oxygen atoms in total. The molecule has 1 amide bonds. The van der Waals surface area contributed by atoms with Crippen LogP contribution < -0.4 is 5.32 Å². The fraction of sp³-hybridized carbons (Fsp3) is 0.400. The van der Waals surface area contributed by atoms with Gasteiger partial charge in [0.05, 0.1) is 6.54 Å². The molecule has 1 unspecified atom stereocenters. The molecule has 3 N–H and O–H groups in total. The fourth-order valence-electron chi connectivity index (χ4n) is 1.55. The first kappa shape index (κ1) is 16.8. The molecule has 0 aromatic heterocycles. The van der Waals surface area contributed by atoms with Crippen LogP contribution in [-0.2, 0) is 9.59 Å². The van der Waals surface area contributed by atoms with Crippen molar-refractivity contribution in [1.29, 1.82) is 0 Å². The average molecular weight is 293 g/mol. The molecule has 114 valence electrons. The van der Waals surface area contributed by atoms with Crippen LogP contribution >= 0.6 is 0 Å². The highest BCUT2D eigenvalue weighted by Gasteiger charge is 2.30. The minimum atomic E-state index is -2.02. The number of aryl methyl sites for hydroxylation is 1. The highest BCUT2D eigenvalue weighted by atomic mass is 16.4. The summed E-state index contributed by atoms with van der Waals surface area (Å²) in [5.41, 5.74) is -0.442. The Morgan fingerprint density at radius 2 is 1.71 bits per heavy atom. The van der Waals surface area contributed by atoms with Crippen molar-refractivity contribution < 1.29 is 24.6 Å². The van der Waals surface area contributed by atoms with E-state index in [-0.39, 0.29) is 18.6 Å².